The molecule has 32 heavy (non-hydrogen) atoms. The summed E-state index contributed by atoms with van der Waals surface area (Å²) < 4.78 is 10.5. The van der Waals surface area contributed by atoms with Gasteiger partial charge in [-0.15, -0.1) is 17.9 Å². The second kappa shape index (κ2) is 10.0. The summed E-state index contributed by atoms with van der Waals surface area (Å²) in [5, 5.41) is 6.61. The molecule has 0 radical (unpaired) electrons. The number of ether oxygens (including phenoxy) is 1. The summed E-state index contributed by atoms with van der Waals surface area (Å²) in [6.45, 7) is 4.15. The lowest BCUT2D eigenvalue weighted by molar-refractivity contribution is -0.118. The van der Waals surface area contributed by atoms with E-state index >= 15 is 0 Å². The Bertz CT molecular complexity index is 1190. The van der Waals surface area contributed by atoms with Gasteiger partial charge in [-0.05, 0) is 24.3 Å². The van der Waals surface area contributed by atoms with E-state index in [1.165, 1.54) is 11.3 Å². The maximum Gasteiger partial charge on any atom is 0.229 e. The van der Waals surface area contributed by atoms with Crippen LogP contribution >= 0.6 is 11.3 Å². The number of carbonyl (C=O) groups excluding carboxylic acids is 1. The largest absolute Gasteiger partial charge is 0.497 e. The summed E-state index contributed by atoms with van der Waals surface area (Å²) in [7, 11) is 1.61. The average Bonchev–Trinajstić information content (AvgIpc) is 3.52. The molecule has 7 nitrogen and oxygen atoms in total. The minimum Gasteiger partial charge on any atom is -0.497 e. The van der Waals surface area contributed by atoms with E-state index in [2.05, 4.69) is 21.7 Å². The molecule has 0 spiro atoms. The van der Waals surface area contributed by atoms with Crippen LogP contribution in [0, 0.1) is 0 Å². The third-order valence-corrected chi connectivity index (χ3v) is 5.64. The van der Waals surface area contributed by atoms with Crippen LogP contribution in [0.25, 0.3) is 22.6 Å². The normalized spacial score (nSPS) is 10.7. The Balaban J connectivity index is 1.42. The van der Waals surface area contributed by atoms with Crippen molar-refractivity contribution in [2.24, 2.45) is 0 Å². The average molecular weight is 447 g/mol. The van der Waals surface area contributed by atoms with Gasteiger partial charge in [0.15, 0.2) is 5.13 Å². The van der Waals surface area contributed by atoms with Gasteiger partial charge in [-0.1, -0.05) is 41.6 Å². The van der Waals surface area contributed by atoms with Crippen molar-refractivity contribution in [3.63, 3.8) is 0 Å². The molecule has 0 unspecified atom stereocenters. The highest BCUT2D eigenvalue weighted by molar-refractivity contribution is 7.14. The number of nitrogens with zero attached hydrogens (tertiary/aromatic N) is 4. The first-order valence-corrected chi connectivity index (χ1v) is 10.9. The van der Waals surface area contributed by atoms with Gasteiger partial charge >= 0.3 is 0 Å². The molecule has 0 saturated heterocycles. The van der Waals surface area contributed by atoms with Crippen LogP contribution < -0.4 is 9.64 Å². The lowest BCUT2D eigenvalue weighted by atomic mass is 10.2. The highest BCUT2D eigenvalue weighted by Crippen LogP contribution is 2.28. The van der Waals surface area contributed by atoms with Gasteiger partial charge in [0, 0.05) is 35.9 Å². The molecule has 162 valence electrons. The summed E-state index contributed by atoms with van der Waals surface area (Å²) in [4.78, 5) is 23.6. The summed E-state index contributed by atoms with van der Waals surface area (Å²) in [5.74, 6) is 1.56. The number of carbonyl (C=O) groups is 1. The first-order chi connectivity index (χ1) is 15.7. The number of amides is 1. The van der Waals surface area contributed by atoms with Gasteiger partial charge in [-0.25, -0.2) is 4.98 Å². The van der Waals surface area contributed by atoms with Crippen LogP contribution in [0.4, 0.5) is 5.13 Å². The molecular formula is C24H22N4O3S. The zero-order valence-electron chi connectivity index (χ0n) is 17.6. The summed E-state index contributed by atoms with van der Waals surface area (Å²) in [6.07, 6.45) is 2.25. The third-order valence-electron chi connectivity index (χ3n) is 4.77. The fourth-order valence-electron chi connectivity index (χ4n) is 3.11. The molecule has 2 aromatic heterocycles. The fourth-order valence-corrected chi connectivity index (χ4v) is 3.97. The van der Waals surface area contributed by atoms with Gasteiger partial charge in [0.25, 0.3) is 0 Å². The van der Waals surface area contributed by atoms with Crippen LogP contribution in [0.15, 0.2) is 77.2 Å². The van der Waals surface area contributed by atoms with Crippen LogP contribution in [0.3, 0.4) is 0 Å². The van der Waals surface area contributed by atoms with Crippen molar-refractivity contribution >= 4 is 22.4 Å². The van der Waals surface area contributed by atoms with Gasteiger partial charge in [-0.2, -0.15) is 4.98 Å². The van der Waals surface area contributed by atoms with Crippen LogP contribution in [0.1, 0.15) is 12.3 Å². The molecule has 4 aromatic rings. The first-order valence-electron chi connectivity index (χ1n) is 10.1. The van der Waals surface area contributed by atoms with E-state index in [0.29, 0.717) is 29.8 Å². The molecule has 0 aliphatic rings. The Kier molecular flexibility index (Phi) is 6.72. The van der Waals surface area contributed by atoms with E-state index in [0.717, 1.165) is 22.6 Å². The molecule has 0 atom stereocenters. The Morgan fingerprint density at radius 2 is 1.91 bits per heavy atom. The maximum absolute atomic E-state index is 12.9. The number of thiazole rings is 1. The molecule has 2 aromatic carbocycles. The molecule has 1 amide bonds. The monoisotopic (exact) mass is 446 g/mol. The molecule has 0 N–H and O–H groups in total. The minimum atomic E-state index is -0.0805. The lowest BCUT2D eigenvalue weighted by Crippen LogP contribution is -2.31. The molecule has 0 bridgehead atoms. The molecule has 4 rings (SSSR count). The highest BCUT2D eigenvalue weighted by atomic mass is 32.1. The van der Waals surface area contributed by atoms with E-state index in [4.69, 9.17) is 9.26 Å². The summed E-state index contributed by atoms with van der Waals surface area (Å²) >= 11 is 1.43. The quantitative estimate of drug-likeness (QED) is 0.336. The number of aromatic nitrogens is 3. The topological polar surface area (TPSA) is 81.4 Å². The number of rotatable bonds is 9. The van der Waals surface area contributed by atoms with Crippen molar-refractivity contribution in [3.8, 4) is 28.4 Å². The van der Waals surface area contributed by atoms with Gasteiger partial charge in [0.05, 0.1) is 12.8 Å². The number of hydrogen-bond acceptors (Lipinski definition) is 7. The SMILES string of the molecule is C=CCN(C(=O)CCc1nc(-c2ccc(OC)cc2)no1)c1nc(-c2ccccc2)cs1. The highest BCUT2D eigenvalue weighted by Gasteiger charge is 2.20. The van der Waals surface area contributed by atoms with E-state index < -0.39 is 0 Å². The molecule has 0 aliphatic carbocycles. The van der Waals surface area contributed by atoms with Gasteiger partial charge in [-0.3, -0.25) is 9.69 Å². The predicted molar refractivity (Wildman–Crippen MR) is 125 cm³/mol. The Labute approximate surface area is 190 Å². The zero-order valence-corrected chi connectivity index (χ0v) is 18.4. The lowest BCUT2D eigenvalue weighted by Gasteiger charge is -2.17. The van der Waals surface area contributed by atoms with Crippen molar-refractivity contribution in [2.75, 3.05) is 18.6 Å². The second-order valence-corrected chi connectivity index (χ2v) is 7.75. The van der Waals surface area contributed by atoms with Crippen LogP contribution in [-0.2, 0) is 11.2 Å². The predicted octanol–water partition coefficient (Wildman–Crippen LogP) is 5.02. The molecule has 0 aliphatic heterocycles. The van der Waals surface area contributed by atoms with Gasteiger partial charge < -0.3 is 9.26 Å². The second-order valence-electron chi connectivity index (χ2n) is 6.91. The van der Waals surface area contributed by atoms with Crippen LogP contribution in [0.5, 0.6) is 5.75 Å². The standard InChI is InChI=1S/C24H22N4O3S/c1-3-15-28(24-25-20(16-32-24)17-7-5-4-6-8-17)22(29)14-13-21-26-23(27-31-21)18-9-11-19(30-2)12-10-18/h3-12,16H,1,13-15H2,2H3. The Morgan fingerprint density at radius 1 is 1.12 bits per heavy atom. The smallest absolute Gasteiger partial charge is 0.229 e. The van der Waals surface area contributed by atoms with Crippen LogP contribution in [-0.4, -0.2) is 34.7 Å². The Hall–Kier alpha value is -3.78. The molecule has 0 fully saturated rings. The molecule has 8 heteroatoms. The van der Waals surface area contributed by atoms with Crippen LogP contribution in [0.2, 0.25) is 0 Å². The number of methoxy groups -OCH3 is 1. The Morgan fingerprint density at radius 3 is 2.62 bits per heavy atom. The van der Waals surface area contributed by atoms with Crippen molar-refractivity contribution in [1.29, 1.82) is 0 Å². The van der Waals surface area contributed by atoms with Crippen molar-refractivity contribution in [1.82, 2.24) is 15.1 Å². The third kappa shape index (κ3) is 4.92. The molecule has 2 heterocycles. The number of benzene rings is 2. The van der Waals surface area contributed by atoms with Crippen molar-refractivity contribution < 1.29 is 14.1 Å². The maximum atomic E-state index is 12.9. The van der Waals surface area contributed by atoms with Gasteiger partial charge in [0.1, 0.15) is 5.75 Å². The fraction of sp³-hybridized carbons (Fsp3) is 0.167. The van der Waals surface area contributed by atoms with E-state index in [1.54, 1.807) is 18.1 Å². The number of hydrogen-bond donors (Lipinski definition) is 0. The zero-order chi connectivity index (χ0) is 22.3. The van der Waals surface area contributed by atoms with Crippen molar-refractivity contribution in [2.45, 2.75) is 12.8 Å². The van der Waals surface area contributed by atoms with Crippen molar-refractivity contribution in [3.05, 3.63) is 78.5 Å². The van der Waals surface area contributed by atoms with E-state index in [9.17, 15) is 4.79 Å². The van der Waals surface area contributed by atoms with E-state index in [1.807, 2.05) is 60.0 Å². The molecular weight excluding hydrogens is 424 g/mol. The number of anilines is 1. The first kappa shape index (κ1) is 21.5. The summed E-state index contributed by atoms with van der Waals surface area (Å²) in [6, 6.07) is 17.3. The summed E-state index contributed by atoms with van der Waals surface area (Å²) in [5.41, 5.74) is 2.67. The number of aryl methyl sites for hydroxylation is 1. The van der Waals surface area contributed by atoms with E-state index in [-0.39, 0.29) is 12.3 Å². The molecule has 0 saturated carbocycles. The van der Waals surface area contributed by atoms with Gasteiger partial charge in [0.2, 0.25) is 17.6 Å². The minimum absolute atomic E-state index is 0.0805.